The van der Waals surface area contributed by atoms with E-state index in [1.807, 2.05) is 23.9 Å². The quantitative estimate of drug-likeness (QED) is 0.803. The molecular weight excluding hydrogens is 230 g/mol. The molecule has 0 amide bonds. The maximum absolute atomic E-state index is 8.62. The van der Waals surface area contributed by atoms with Gasteiger partial charge < -0.3 is 5.11 Å². The van der Waals surface area contributed by atoms with E-state index in [4.69, 9.17) is 5.11 Å². The number of benzene rings is 1. The van der Waals surface area contributed by atoms with Crippen LogP contribution in [0.25, 0.3) is 0 Å². The zero-order chi connectivity index (χ0) is 11.9. The van der Waals surface area contributed by atoms with E-state index in [1.165, 1.54) is 30.2 Å². The van der Waals surface area contributed by atoms with Gasteiger partial charge >= 0.3 is 0 Å². The van der Waals surface area contributed by atoms with Crippen LogP contribution in [0.15, 0.2) is 24.3 Å². The van der Waals surface area contributed by atoms with Crippen molar-refractivity contribution in [2.24, 2.45) is 0 Å². The predicted octanol–water partition coefficient (Wildman–Crippen LogP) is 1.58. The second-order valence-electron chi connectivity index (χ2n) is 4.05. The van der Waals surface area contributed by atoms with Gasteiger partial charge in [0.1, 0.15) is 6.61 Å². The first-order valence-electron chi connectivity index (χ1n) is 5.87. The van der Waals surface area contributed by atoms with Crippen molar-refractivity contribution in [3.8, 4) is 11.8 Å². The lowest BCUT2D eigenvalue weighted by molar-refractivity contribution is 0.294. The zero-order valence-corrected chi connectivity index (χ0v) is 10.7. The average molecular weight is 247 g/mol. The minimum absolute atomic E-state index is 0.0762. The maximum Gasteiger partial charge on any atom is 0.104 e. The zero-order valence-electron chi connectivity index (χ0n) is 9.85. The van der Waals surface area contributed by atoms with E-state index in [9.17, 15) is 0 Å². The van der Waals surface area contributed by atoms with E-state index in [0.717, 1.165) is 12.1 Å². The van der Waals surface area contributed by atoms with Crippen molar-refractivity contribution in [3.63, 3.8) is 0 Å². The Bertz CT molecular complexity index is 398. The number of aliphatic hydroxyl groups excluding tert-OH is 1. The summed E-state index contributed by atoms with van der Waals surface area (Å²) in [5.41, 5.74) is 2.31. The van der Waals surface area contributed by atoms with Crippen LogP contribution >= 0.6 is 11.8 Å². The van der Waals surface area contributed by atoms with Gasteiger partial charge in [-0.2, -0.15) is 11.8 Å². The van der Waals surface area contributed by atoms with Crippen molar-refractivity contribution in [2.45, 2.75) is 6.54 Å². The van der Waals surface area contributed by atoms with Crippen LogP contribution in [-0.2, 0) is 6.54 Å². The number of hydrogen-bond donors (Lipinski definition) is 1. The molecule has 3 heteroatoms. The fraction of sp³-hybridized carbons (Fsp3) is 0.429. The molecule has 1 aromatic rings. The van der Waals surface area contributed by atoms with Crippen molar-refractivity contribution in [1.82, 2.24) is 4.90 Å². The van der Waals surface area contributed by atoms with Gasteiger partial charge in [0.05, 0.1) is 0 Å². The van der Waals surface area contributed by atoms with Crippen LogP contribution in [0, 0.1) is 11.8 Å². The van der Waals surface area contributed by atoms with Crippen LogP contribution in [0.4, 0.5) is 0 Å². The molecule has 1 aliphatic rings. The third-order valence-electron chi connectivity index (χ3n) is 2.78. The Labute approximate surface area is 107 Å². The Kier molecular flexibility index (Phi) is 4.93. The van der Waals surface area contributed by atoms with Gasteiger partial charge in [0, 0.05) is 36.7 Å². The van der Waals surface area contributed by atoms with Crippen LogP contribution < -0.4 is 0 Å². The maximum atomic E-state index is 8.62. The fourth-order valence-electron chi connectivity index (χ4n) is 1.85. The molecule has 1 fully saturated rings. The van der Waals surface area contributed by atoms with Gasteiger partial charge in [0.15, 0.2) is 0 Å². The molecule has 1 heterocycles. The van der Waals surface area contributed by atoms with Gasteiger partial charge in [-0.3, -0.25) is 4.90 Å². The second-order valence-corrected chi connectivity index (χ2v) is 5.27. The largest absolute Gasteiger partial charge is 0.384 e. The Morgan fingerprint density at radius 1 is 1.18 bits per heavy atom. The molecule has 90 valence electrons. The third-order valence-corrected chi connectivity index (χ3v) is 3.72. The van der Waals surface area contributed by atoms with E-state index in [2.05, 4.69) is 28.9 Å². The van der Waals surface area contributed by atoms with Crippen LogP contribution in [0.2, 0.25) is 0 Å². The molecule has 1 aromatic carbocycles. The monoisotopic (exact) mass is 247 g/mol. The Balaban J connectivity index is 1.93. The molecule has 0 unspecified atom stereocenters. The van der Waals surface area contributed by atoms with Gasteiger partial charge in [-0.25, -0.2) is 0 Å². The summed E-state index contributed by atoms with van der Waals surface area (Å²) in [6.45, 7) is 3.34. The number of hydrogen-bond acceptors (Lipinski definition) is 3. The molecule has 0 atom stereocenters. The highest BCUT2D eigenvalue weighted by Crippen LogP contribution is 2.13. The van der Waals surface area contributed by atoms with Gasteiger partial charge in [-0.1, -0.05) is 24.0 Å². The highest BCUT2D eigenvalue weighted by Gasteiger charge is 2.10. The summed E-state index contributed by atoms with van der Waals surface area (Å²) < 4.78 is 0. The van der Waals surface area contributed by atoms with Crippen molar-refractivity contribution >= 4 is 11.8 Å². The minimum atomic E-state index is -0.0762. The SMILES string of the molecule is OCC#Cc1ccc(CN2CCSCC2)cc1. The van der Waals surface area contributed by atoms with Crippen molar-refractivity contribution in [1.29, 1.82) is 0 Å². The van der Waals surface area contributed by atoms with E-state index in [0.29, 0.717) is 0 Å². The summed E-state index contributed by atoms with van der Waals surface area (Å²) in [4.78, 5) is 2.49. The first kappa shape index (κ1) is 12.5. The number of nitrogens with zero attached hydrogens (tertiary/aromatic N) is 1. The van der Waals surface area contributed by atoms with Gasteiger partial charge in [0.2, 0.25) is 0 Å². The molecular formula is C14H17NOS. The Hall–Kier alpha value is -0.950. The topological polar surface area (TPSA) is 23.5 Å². The normalized spacial score (nSPS) is 16.3. The molecule has 1 N–H and O–H groups in total. The molecule has 2 rings (SSSR count). The molecule has 2 nitrogen and oxygen atoms in total. The molecule has 0 saturated carbocycles. The first-order chi connectivity index (χ1) is 8.38. The van der Waals surface area contributed by atoms with Crippen molar-refractivity contribution in [3.05, 3.63) is 35.4 Å². The van der Waals surface area contributed by atoms with Crippen LogP contribution in [0.5, 0.6) is 0 Å². The molecule has 0 aromatic heterocycles. The van der Waals surface area contributed by atoms with E-state index < -0.39 is 0 Å². The van der Waals surface area contributed by atoms with Gasteiger partial charge in [0.25, 0.3) is 0 Å². The summed E-state index contributed by atoms with van der Waals surface area (Å²) in [5, 5.41) is 8.62. The lowest BCUT2D eigenvalue weighted by Gasteiger charge is -2.26. The number of thioether (sulfide) groups is 1. The van der Waals surface area contributed by atoms with Crippen molar-refractivity contribution in [2.75, 3.05) is 31.2 Å². The fourth-order valence-corrected chi connectivity index (χ4v) is 2.83. The first-order valence-corrected chi connectivity index (χ1v) is 7.03. The lowest BCUT2D eigenvalue weighted by atomic mass is 10.1. The summed E-state index contributed by atoms with van der Waals surface area (Å²) in [6, 6.07) is 8.31. The minimum Gasteiger partial charge on any atom is -0.384 e. The number of aliphatic hydroxyl groups is 1. The molecule has 0 aliphatic carbocycles. The summed E-state index contributed by atoms with van der Waals surface area (Å²) in [7, 11) is 0. The lowest BCUT2D eigenvalue weighted by Crippen LogP contribution is -2.31. The second kappa shape index (κ2) is 6.70. The molecule has 1 saturated heterocycles. The molecule has 17 heavy (non-hydrogen) atoms. The average Bonchev–Trinajstić information content (AvgIpc) is 2.39. The Morgan fingerprint density at radius 2 is 1.88 bits per heavy atom. The summed E-state index contributed by atoms with van der Waals surface area (Å²) in [6.07, 6.45) is 0. The van der Waals surface area contributed by atoms with Crippen LogP contribution in [-0.4, -0.2) is 41.2 Å². The molecule has 0 spiro atoms. The smallest absolute Gasteiger partial charge is 0.104 e. The molecule has 1 aliphatic heterocycles. The van der Waals surface area contributed by atoms with E-state index in [1.54, 1.807) is 0 Å². The van der Waals surface area contributed by atoms with Crippen LogP contribution in [0.1, 0.15) is 11.1 Å². The summed E-state index contributed by atoms with van der Waals surface area (Å²) in [5.74, 6) is 8.07. The number of rotatable bonds is 2. The van der Waals surface area contributed by atoms with Gasteiger partial charge in [-0.05, 0) is 17.7 Å². The highest BCUT2D eigenvalue weighted by atomic mass is 32.2. The third kappa shape index (κ3) is 4.08. The van der Waals surface area contributed by atoms with Gasteiger partial charge in [-0.15, -0.1) is 0 Å². The van der Waals surface area contributed by atoms with E-state index >= 15 is 0 Å². The Morgan fingerprint density at radius 3 is 2.53 bits per heavy atom. The molecule has 0 radical (unpaired) electrons. The van der Waals surface area contributed by atoms with Crippen molar-refractivity contribution < 1.29 is 5.11 Å². The highest BCUT2D eigenvalue weighted by molar-refractivity contribution is 7.99. The molecule has 0 bridgehead atoms. The van der Waals surface area contributed by atoms with Crippen LogP contribution in [0.3, 0.4) is 0 Å². The standard InChI is InChI=1S/C14H17NOS/c16-9-1-2-13-3-5-14(6-4-13)12-15-7-10-17-11-8-15/h3-6,16H,7-12H2. The predicted molar refractivity (Wildman–Crippen MR) is 73.0 cm³/mol. The summed E-state index contributed by atoms with van der Waals surface area (Å²) >= 11 is 2.04. The van der Waals surface area contributed by atoms with E-state index in [-0.39, 0.29) is 6.61 Å².